The van der Waals surface area contributed by atoms with Crippen LogP contribution >= 0.6 is 11.8 Å². The van der Waals surface area contributed by atoms with E-state index in [0.29, 0.717) is 0 Å². The number of hydrogen-bond donors (Lipinski definition) is 3. The van der Waals surface area contributed by atoms with Crippen molar-refractivity contribution in [2.24, 2.45) is 0 Å². The van der Waals surface area contributed by atoms with Gasteiger partial charge in [-0.15, -0.1) is 0 Å². The Kier molecular flexibility index (Phi) is 6.13. The number of halogens is 3. The fourth-order valence-electron chi connectivity index (χ4n) is 1.99. The summed E-state index contributed by atoms with van der Waals surface area (Å²) in [6, 6.07) is 0. The molecule has 0 aromatic carbocycles. The molecule has 1 heterocycles. The molecule has 0 aromatic rings. The highest BCUT2D eigenvalue weighted by atomic mass is 32.2. The van der Waals surface area contributed by atoms with Gasteiger partial charge in [-0.2, -0.15) is 13.2 Å². The van der Waals surface area contributed by atoms with E-state index in [9.17, 15) is 23.4 Å². The number of amidine groups is 1. The molecule has 0 amide bonds. The summed E-state index contributed by atoms with van der Waals surface area (Å²) >= 11 is 0.868. The van der Waals surface area contributed by atoms with Crippen molar-refractivity contribution in [3.63, 3.8) is 0 Å². The van der Waals surface area contributed by atoms with Crippen LogP contribution in [-0.2, 0) is 9.47 Å². The summed E-state index contributed by atoms with van der Waals surface area (Å²) in [6.45, 7) is 0.762. The highest BCUT2D eigenvalue weighted by Gasteiger charge is 2.62. The summed E-state index contributed by atoms with van der Waals surface area (Å²) in [7, 11) is 4.08. The van der Waals surface area contributed by atoms with Gasteiger partial charge in [0.25, 0.3) is 0 Å². The first-order valence-electron chi connectivity index (χ1n) is 6.50. The summed E-state index contributed by atoms with van der Waals surface area (Å²) in [5.74, 6) is 0. The Labute approximate surface area is 131 Å². The second kappa shape index (κ2) is 6.91. The molecular formula is C12H21F3N2O4S. The van der Waals surface area contributed by atoms with Gasteiger partial charge < -0.3 is 24.6 Å². The predicted molar refractivity (Wildman–Crippen MR) is 75.8 cm³/mol. The van der Waals surface area contributed by atoms with E-state index < -0.39 is 35.5 Å². The van der Waals surface area contributed by atoms with Gasteiger partial charge in [-0.25, -0.2) is 0 Å². The number of hydrogen-bond acceptors (Lipinski definition) is 6. The lowest BCUT2D eigenvalue weighted by atomic mass is 9.88. The van der Waals surface area contributed by atoms with Crippen molar-refractivity contribution >= 4 is 16.9 Å². The molecule has 1 fully saturated rings. The van der Waals surface area contributed by atoms with Crippen molar-refractivity contribution < 1.29 is 32.9 Å². The lowest BCUT2D eigenvalue weighted by Gasteiger charge is -2.45. The molecule has 0 bridgehead atoms. The topological polar surface area (TPSA) is 86.0 Å². The summed E-state index contributed by atoms with van der Waals surface area (Å²) < 4.78 is 49.6. The lowest BCUT2D eigenvalue weighted by Crippen LogP contribution is -2.64. The highest BCUT2D eigenvalue weighted by Crippen LogP contribution is 2.42. The molecule has 0 aromatic heterocycles. The summed E-state index contributed by atoms with van der Waals surface area (Å²) in [5, 5.41) is 27.5. The van der Waals surface area contributed by atoms with E-state index in [2.05, 4.69) is 4.74 Å². The summed E-state index contributed by atoms with van der Waals surface area (Å²) in [6.07, 6.45) is -9.82. The maximum absolute atomic E-state index is 13.3. The standard InChI is InChI=1S/C12H21F3N2O4S/c1-11(20-4,12(13,14)15)9-8(19)6(18)5-7(21-9)22-10(16)17(2)3/h6-9,16,18-19H,5H2,1-4H3/t6-,7-,8+,9+,11+/m1/s1. The first-order chi connectivity index (χ1) is 9.94. The second-order valence-electron chi connectivity index (χ2n) is 5.41. The minimum atomic E-state index is -4.80. The first-order valence-corrected chi connectivity index (χ1v) is 7.38. The number of methoxy groups -OCH3 is 1. The Hall–Kier alpha value is -0.550. The highest BCUT2D eigenvalue weighted by molar-refractivity contribution is 8.14. The molecule has 10 heteroatoms. The summed E-state index contributed by atoms with van der Waals surface area (Å²) in [5.41, 5.74) is -3.66. The Morgan fingerprint density at radius 2 is 1.91 bits per heavy atom. The van der Waals surface area contributed by atoms with Gasteiger partial charge in [0.05, 0.1) is 6.10 Å². The molecule has 1 aliphatic heterocycles. The molecule has 0 spiro atoms. The van der Waals surface area contributed by atoms with Gasteiger partial charge in [-0.1, -0.05) is 11.8 Å². The fraction of sp³-hybridized carbons (Fsp3) is 0.917. The number of ether oxygens (including phenoxy) is 2. The molecule has 3 N–H and O–H groups in total. The SMILES string of the molecule is CO[C@@](C)([C@H]1O[C@H](SC(=N)N(C)C)C[C@@H](O)[C@@H]1O)C(F)(F)F. The predicted octanol–water partition coefficient (Wildman–Crippen LogP) is 1.02. The molecule has 1 saturated heterocycles. The van der Waals surface area contributed by atoms with Gasteiger partial charge in [0.15, 0.2) is 10.8 Å². The van der Waals surface area contributed by atoms with Gasteiger partial charge in [0.1, 0.15) is 17.6 Å². The maximum atomic E-state index is 13.3. The van der Waals surface area contributed by atoms with Crippen LogP contribution in [0.4, 0.5) is 13.2 Å². The van der Waals surface area contributed by atoms with Crippen LogP contribution < -0.4 is 0 Å². The van der Waals surface area contributed by atoms with E-state index in [1.807, 2.05) is 0 Å². The van der Waals surface area contributed by atoms with E-state index in [1.165, 1.54) is 4.90 Å². The zero-order valence-corrected chi connectivity index (χ0v) is 13.5. The van der Waals surface area contributed by atoms with Gasteiger partial charge in [-0.3, -0.25) is 5.41 Å². The van der Waals surface area contributed by atoms with Crippen molar-refractivity contribution in [3.05, 3.63) is 0 Å². The molecule has 0 radical (unpaired) electrons. The quantitative estimate of drug-likeness (QED) is 0.523. The van der Waals surface area contributed by atoms with Gasteiger partial charge >= 0.3 is 6.18 Å². The number of nitrogens with zero attached hydrogens (tertiary/aromatic N) is 1. The van der Waals surface area contributed by atoms with Crippen LogP contribution in [0.2, 0.25) is 0 Å². The van der Waals surface area contributed by atoms with Crippen LogP contribution in [-0.4, -0.2) is 77.0 Å². The molecule has 0 unspecified atom stereocenters. The molecule has 130 valence electrons. The van der Waals surface area contributed by atoms with Crippen molar-refractivity contribution in [3.8, 4) is 0 Å². The average molecular weight is 346 g/mol. The largest absolute Gasteiger partial charge is 0.419 e. The number of rotatable bonds is 3. The van der Waals surface area contributed by atoms with E-state index in [4.69, 9.17) is 10.1 Å². The number of alkyl halides is 3. The fourth-order valence-corrected chi connectivity index (χ4v) is 2.92. The van der Waals surface area contributed by atoms with Gasteiger partial charge in [-0.05, 0) is 6.92 Å². The Balaban J connectivity index is 3.00. The van der Waals surface area contributed by atoms with E-state index in [-0.39, 0.29) is 11.6 Å². The smallest absolute Gasteiger partial charge is 0.390 e. The van der Waals surface area contributed by atoms with Crippen LogP contribution in [0.3, 0.4) is 0 Å². The molecule has 0 saturated carbocycles. The Bertz CT molecular complexity index is 410. The molecule has 1 aliphatic rings. The number of aliphatic hydroxyl groups is 2. The van der Waals surface area contributed by atoms with Gasteiger partial charge in [0, 0.05) is 27.6 Å². The van der Waals surface area contributed by atoms with E-state index in [0.717, 1.165) is 25.8 Å². The molecule has 22 heavy (non-hydrogen) atoms. The molecule has 0 aliphatic carbocycles. The third-order valence-electron chi connectivity index (χ3n) is 3.62. The summed E-state index contributed by atoms with van der Waals surface area (Å²) in [4.78, 5) is 1.46. The van der Waals surface area contributed by atoms with Crippen molar-refractivity contribution in [2.45, 2.75) is 48.9 Å². The van der Waals surface area contributed by atoms with Crippen LogP contribution in [0.25, 0.3) is 0 Å². The number of thioether (sulfide) groups is 1. The minimum absolute atomic E-state index is 0.0680. The minimum Gasteiger partial charge on any atom is -0.390 e. The molecule has 1 rings (SSSR count). The molecule has 6 nitrogen and oxygen atoms in total. The third kappa shape index (κ3) is 3.85. The lowest BCUT2D eigenvalue weighted by molar-refractivity contribution is -0.323. The molecule has 5 atom stereocenters. The van der Waals surface area contributed by atoms with E-state index in [1.54, 1.807) is 14.1 Å². The van der Waals surface area contributed by atoms with Crippen LogP contribution in [0.15, 0.2) is 0 Å². The Morgan fingerprint density at radius 1 is 1.36 bits per heavy atom. The second-order valence-corrected chi connectivity index (χ2v) is 6.55. The average Bonchev–Trinajstić information content (AvgIpc) is 2.40. The van der Waals surface area contributed by atoms with Crippen LogP contribution in [0.1, 0.15) is 13.3 Å². The first kappa shape index (κ1) is 19.5. The van der Waals surface area contributed by atoms with Crippen molar-refractivity contribution in [2.75, 3.05) is 21.2 Å². The third-order valence-corrected chi connectivity index (χ3v) is 4.77. The zero-order valence-electron chi connectivity index (χ0n) is 12.7. The van der Waals surface area contributed by atoms with Crippen LogP contribution in [0, 0.1) is 5.41 Å². The van der Waals surface area contributed by atoms with Crippen molar-refractivity contribution in [1.29, 1.82) is 5.41 Å². The van der Waals surface area contributed by atoms with Gasteiger partial charge in [0.2, 0.25) is 0 Å². The monoisotopic (exact) mass is 346 g/mol. The Morgan fingerprint density at radius 3 is 2.32 bits per heavy atom. The normalized spacial score (nSPS) is 32.4. The number of aliphatic hydroxyl groups excluding tert-OH is 2. The van der Waals surface area contributed by atoms with E-state index >= 15 is 0 Å². The van der Waals surface area contributed by atoms with Crippen molar-refractivity contribution in [1.82, 2.24) is 4.90 Å². The maximum Gasteiger partial charge on any atom is 0.419 e. The zero-order chi connectivity index (χ0) is 17.3. The van der Waals surface area contributed by atoms with Crippen LogP contribution in [0.5, 0.6) is 0 Å². The number of nitrogens with one attached hydrogen (secondary N) is 1. The molecular weight excluding hydrogens is 325 g/mol.